The third-order valence-electron chi connectivity index (χ3n) is 6.61. The first-order valence-corrected chi connectivity index (χ1v) is 11.6. The minimum Gasteiger partial charge on any atom is -0.383 e. The first-order valence-electron chi connectivity index (χ1n) is 11.6. The van der Waals surface area contributed by atoms with Gasteiger partial charge in [-0.3, -0.25) is 0 Å². The highest BCUT2D eigenvalue weighted by Gasteiger charge is 2.22. The molecule has 1 aromatic carbocycles. The molecule has 4 aromatic rings. The van der Waals surface area contributed by atoms with Gasteiger partial charge in [0.15, 0.2) is 0 Å². The molecule has 0 saturated carbocycles. The van der Waals surface area contributed by atoms with Crippen LogP contribution in [0.15, 0.2) is 42.9 Å². The third kappa shape index (κ3) is 3.77. The molecule has 1 atom stereocenters. The molecule has 0 aliphatic carbocycles. The van der Waals surface area contributed by atoms with Crippen LogP contribution in [-0.2, 0) is 25.9 Å². The molecule has 5 heterocycles. The standard InChI is InChI=1S/C25H25N9/c1-16-10-23(34(32-16)15-17-4-8-33-9-7-27-22(33)11-17)31-25-29-6-3-21(30-25)19-12-18-2-5-28-24(18)20(13-19)14-26/h3,6-7,9-10,12-13,17,28H,2,4-5,8,11,15H2,1H3,(H,29,30,31). The molecule has 34 heavy (non-hydrogen) atoms. The van der Waals surface area contributed by atoms with E-state index in [0.29, 0.717) is 17.4 Å². The highest BCUT2D eigenvalue weighted by atomic mass is 15.3. The molecule has 0 radical (unpaired) electrons. The van der Waals surface area contributed by atoms with Gasteiger partial charge in [0.1, 0.15) is 17.7 Å². The van der Waals surface area contributed by atoms with Gasteiger partial charge in [0.05, 0.1) is 22.6 Å². The van der Waals surface area contributed by atoms with E-state index in [-0.39, 0.29) is 0 Å². The average molecular weight is 452 g/mol. The third-order valence-corrected chi connectivity index (χ3v) is 6.61. The van der Waals surface area contributed by atoms with Gasteiger partial charge in [0.25, 0.3) is 0 Å². The van der Waals surface area contributed by atoms with Gasteiger partial charge in [0.2, 0.25) is 5.95 Å². The zero-order valence-corrected chi connectivity index (χ0v) is 19.0. The highest BCUT2D eigenvalue weighted by molar-refractivity contribution is 5.74. The lowest BCUT2D eigenvalue weighted by Gasteiger charge is -2.24. The molecule has 2 aliphatic rings. The minimum atomic E-state index is 0.478. The van der Waals surface area contributed by atoms with Crippen LogP contribution >= 0.6 is 0 Å². The Morgan fingerprint density at radius 3 is 3.09 bits per heavy atom. The van der Waals surface area contributed by atoms with Gasteiger partial charge < -0.3 is 15.2 Å². The summed E-state index contributed by atoms with van der Waals surface area (Å²) >= 11 is 0. The SMILES string of the molecule is Cc1cc(Nc2nccc(-c3cc(C#N)c4c(c3)CCN4)n2)n(CC2CCn3ccnc3C2)n1. The van der Waals surface area contributed by atoms with Crippen molar-refractivity contribution in [2.75, 3.05) is 17.2 Å². The minimum absolute atomic E-state index is 0.478. The van der Waals surface area contributed by atoms with E-state index in [1.165, 1.54) is 0 Å². The van der Waals surface area contributed by atoms with E-state index in [1.54, 1.807) is 6.20 Å². The molecular formula is C25H25N9. The Kier molecular flexibility index (Phi) is 4.99. The van der Waals surface area contributed by atoms with Crippen LogP contribution in [0.1, 0.15) is 29.1 Å². The van der Waals surface area contributed by atoms with Crippen molar-refractivity contribution >= 4 is 17.5 Å². The Labute approximate surface area is 197 Å². The molecule has 170 valence electrons. The topological polar surface area (TPSA) is 109 Å². The number of aromatic nitrogens is 6. The van der Waals surface area contributed by atoms with Gasteiger partial charge >= 0.3 is 0 Å². The first-order chi connectivity index (χ1) is 16.7. The van der Waals surface area contributed by atoms with E-state index < -0.39 is 0 Å². The van der Waals surface area contributed by atoms with E-state index >= 15 is 0 Å². The number of hydrogen-bond acceptors (Lipinski definition) is 7. The maximum Gasteiger partial charge on any atom is 0.228 e. The van der Waals surface area contributed by atoms with Gasteiger partial charge in [-0.05, 0) is 49.4 Å². The van der Waals surface area contributed by atoms with Gasteiger partial charge in [-0.25, -0.2) is 19.6 Å². The number of nitrogens with zero attached hydrogens (tertiary/aromatic N) is 7. The second kappa shape index (κ2) is 8.30. The summed E-state index contributed by atoms with van der Waals surface area (Å²) < 4.78 is 4.25. The normalized spacial score (nSPS) is 16.4. The maximum atomic E-state index is 9.58. The molecule has 0 fully saturated rings. The molecule has 0 bridgehead atoms. The van der Waals surface area contributed by atoms with E-state index in [9.17, 15) is 5.26 Å². The largest absolute Gasteiger partial charge is 0.383 e. The van der Waals surface area contributed by atoms with Crippen molar-refractivity contribution < 1.29 is 0 Å². The van der Waals surface area contributed by atoms with Gasteiger partial charge in [0, 0.05) is 56.3 Å². The van der Waals surface area contributed by atoms with Crippen LogP contribution in [0.2, 0.25) is 0 Å². The number of rotatable bonds is 5. The van der Waals surface area contributed by atoms with E-state index in [2.05, 4.69) is 43.5 Å². The summed E-state index contributed by atoms with van der Waals surface area (Å²) in [6.07, 6.45) is 8.64. The van der Waals surface area contributed by atoms with Crippen LogP contribution in [0.25, 0.3) is 11.3 Å². The smallest absolute Gasteiger partial charge is 0.228 e. The van der Waals surface area contributed by atoms with E-state index in [1.807, 2.05) is 36.0 Å². The molecule has 0 amide bonds. The lowest BCUT2D eigenvalue weighted by molar-refractivity contribution is 0.329. The number of fused-ring (bicyclic) bond motifs is 2. The number of imidazole rings is 1. The number of nitrogens with one attached hydrogen (secondary N) is 2. The Balaban J connectivity index is 1.24. The Morgan fingerprint density at radius 2 is 2.18 bits per heavy atom. The second-order valence-electron chi connectivity index (χ2n) is 8.99. The van der Waals surface area contributed by atoms with Gasteiger partial charge in [-0.1, -0.05) is 0 Å². The molecule has 2 N–H and O–H groups in total. The fourth-order valence-corrected chi connectivity index (χ4v) is 4.96. The Hall–Kier alpha value is -4.19. The predicted octanol–water partition coefficient (Wildman–Crippen LogP) is 3.69. The van der Waals surface area contributed by atoms with Crippen LogP contribution < -0.4 is 10.6 Å². The zero-order chi connectivity index (χ0) is 23.1. The van der Waals surface area contributed by atoms with Crippen LogP contribution in [0, 0.1) is 24.2 Å². The van der Waals surface area contributed by atoms with Crippen molar-refractivity contribution in [1.29, 1.82) is 5.26 Å². The first kappa shape index (κ1) is 20.4. The summed E-state index contributed by atoms with van der Waals surface area (Å²) in [7, 11) is 0. The number of nitriles is 1. The van der Waals surface area contributed by atoms with Crippen molar-refractivity contribution in [1.82, 2.24) is 29.3 Å². The van der Waals surface area contributed by atoms with Crippen LogP contribution in [0.5, 0.6) is 0 Å². The molecule has 9 nitrogen and oxygen atoms in total. The number of anilines is 3. The zero-order valence-electron chi connectivity index (χ0n) is 19.0. The van der Waals surface area contributed by atoms with E-state index in [4.69, 9.17) is 10.1 Å². The van der Waals surface area contributed by atoms with Crippen molar-refractivity contribution in [3.8, 4) is 17.3 Å². The van der Waals surface area contributed by atoms with Crippen molar-refractivity contribution in [2.45, 2.75) is 39.3 Å². The molecule has 0 saturated heterocycles. The molecular weight excluding hydrogens is 426 g/mol. The summed E-state index contributed by atoms with van der Waals surface area (Å²) in [6, 6.07) is 10.2. The molecule has 2 aliphatic heterocycles. The summed E-state index contributed by atoms with van der Waals surface area (Å²) in [5.41, 5.74) is 5.41. The van der Waals surface area contributed by atoms with Crippen LogP contribution in [-0.4, -0.2) is 35.8 Å². The molecule has 6 rings (SSSR count). The lowest BCUT2D eigenvalue weighted by atomic mass is 9.98. The van der Waals surface area contributed by atoms with Crippen LogP contribution in [0.4, 0.5) is 17.5 Å². The quantitative estimate of drug-likeness (QED) is 0.476. The maximum absolute atomic E-state index is 9.58. The Bertz CT molecular complexity index is 1410. The number of hydrogen-bond donors (Lipinski definition) is 2. The monoisotopic (exact) mass is 451 g/mol. The lowest BCUT2D eigenvalue weighted by Crippen LogP contribution is -2.24. The fraction of sp³-hybridized carbons (Fsp3) is 0.320. The summed E-state index contributed by atoms with van der Waals surface area (Å²) in [6.45, 7) is 4.66. The van der Waals surface area contributed by atoms with Gasteiger partial charge in [-0.15, -0.1) is 0 Å². The highest BCUT2D eigenvalue weighted by Crippen LogP contribution is 2.32. The summed E-state index contributed by atoms with van der Waals surface area (Å²) in [5.74, 6) is 3.01. The molecule has 3 aromatic heterocycles. The Morgan fingerprint density at radius 1 is 1.24 bits per heavy atom. The van der Waals surface area contributed by atoms with Gasteiger partial charge in [-0.2, -0.15) is 10.4 Å². The molecule has 9 heteroatoms. The average Bonchev–Trinajstić information content (AvgIpc) is 3.58. The summed E-state index contributed by atoms with van der Waals surface area (Å²) in [5, 5.41) is 21.0. The molecule has 1 unspecified atom stereocenters. The van der Waals surface area contributed by atoms with E-state index in [0.717, 1.165) is 78.7 Å². The summed E-state index contributed by atoms with van der Waals surface area (Å²) in [4.78, 5) is 13.7. The predicted molar refractivity (Wildman–Crippen MR) is 129 cm³/mol. The van der Waals surface area contributed by atoms with Crippen molar-refractivity contribution in [3.63, 3.8) is 0 Å². The van der Waals surface area contributed by atoms with Crippen molar-refractivity contribution in [3.05, 3.63) is 65.5 Å². The molecule has 0 spiro atoms. The number of aryl methyl sites for hydroxylation is 2. The van der Waals surface area contributed by atoms with Crippen molar-refractivity contribution in [2.24, 2.45) is 5.92 Å². The second-order valence-corrected chi connectivity index (χ2v) is 8.99. The number of benzene rings is 1. The fourth-order valence-electron chi connectivity index (χ4n) is 4.96. The van der Waals surface area contributed by atoms with Crippen LogP contribution in [0.3, 0.4) is 0 Å².